The third-order valence-corrected chi connectivity index (χ3v) is 2.87. The van der Waals surface area contributed by atoms with Gasteiger partial charge in [-0.1, -0.05) is 20.8 Å². The van der Waals surface area contributed by atoms with Crippen LogP contribution >= 0.6 is 0 Å². The number of nitrogens with one attached hydrogen (secondary N) is 2. The minimum atomic E-state index is -0.940. The van der Waals surface area contributed by atoms with Crippen LogP contribution in [0.5, 0.6) is 0 Å². The molecule has 0 spiro atoms. The van der Waals surface area contributed by atoms with E-state index in [1.807, 2.05) is 20.8 Å². The summed E-state index contributed by atoms with van der Waals surface area (Å²) in [7, 11) is 0. The number of aliphatic carboxylic acids is 1. The minimum Gasteiger partial charge on any atom is -0.481 e. The summed E-state index contributed by atoms with van der Waals surface area (Å²) >= 11 is 0. The van der Waals surface area contributed by atoms with E-state index in [4.69, 9.17) is 9.52 Å². The van der Waals surface area contributed by atoms with Crippen molar-refractivity contribution in [3.63, 3.8) is 0 Å². The molecule has 0 bridgehead atoms. The highest BCUT2D eigenvalue weighted by Gasteiger charge is 2.19. The van der Waals surface area contributed by atoms with Gasteiger partial charge in [-0.05, 0) is 5.92 Å². The Kier molecular flexibility index (Phi) is 6.02. The Morgan fingerprint density at radius 2 is 2.15 bits per heavy atom. The van der Waals surface area contributed by atoms with E-state index in [2.05, 4.69) is 15.6 Å². The molecular formula is C13H21N3O4. The molecule has 1 atom stereocenters. The number of urea groups is 1. The van der Waals surface area contributed by atoms with E-state index < -0.39 is 18.0 Å². The molecule has 0 aliphatic rings. The molecule has 0 saturated heterocycles. The van der Waals surface area contributed by atoms with Crippen LogP contribution in [0.1, 0.15) is 38.8 Å². The number of aromatic nitrogens is 1. The summed E-state index contributed by atoms with van der Waals surface area (Å²) in [5.74, 6) is 0.277. The molecule has 20 heavy (non-hydrogen) atoms. The molecule has 7 heteroatoms. The van der Waals surface area contributed by atoms with Gasteiger partial charge in [-0.3, -0.25) is 4.79 Å². The first-order valence-corrected chi connectivity index (χ1v) is 6.62. The minimum absolute atomic E-state index is 0.0327. The Bertz CT molecular complexity index is 456. The number of oxazole rings is 1. The number of aryl methyl sites for hydroxylation is 1. The number of carboxylic acid groups (broad SMARTS) is 1. The monoisotopic (exact) mass is 283 g/mol. The fourth-order valence-corrected chi connectivity index (χ4v) is 1.61. The van der Waals surface area contributed by atoms with Crippen LogP contribution in [0.3, 0.4) is 0 Å². The first kappa shape index (κ1) is 16.0. The largest absolute Gasteiger partial charge is 0.481 e. The lowest BCUT2D eigenvalue weighted by molar-refractivity contribution is -0.137. The Morgan fingerprint density at radius 3 is 2.65 bits per heavy atom. The van der Waals surface area contributed by atoms with Crippen molar-refractivity contribution in [2.75, 3.05) is 0 Å². The zero-order valence-electron chi connectivity index (χ0n) is 12.0. The lowest BCUT2D eigenvalue weighted by Crippen LogP contribution is -2.45. The van der Waals surface area contributed by atoms with E-state index in [9.17, 15) is 9.59 Å². The number of hydrogen-bond donors (Lipinski definition) is 3. The van der Waals surface area contributed by atoms with Gasteiger partial charge in [0.15, 0.2) is 0 Å². The van der Waals surface area contributed by atoms with Crippen molar-refractivity contribution in [1.82, 2.24) is 15.6 Å². The second kappa shape index (κ2) is 7.52. The van der Waals surface area contributed by atoms with Crippen LogP contribution in [0.2, 0.25) is 0 Å². The predicted octanol–water partition coefficient (Wildman–Crippen LogP) is 1.54. The fourth-order valence-electron chi connectivity index (χ4n) is 1.61. The molecule has 7 nitrogen and oxygen atoms in total. The van der Waals surface area contributed by atoms with Gasteiger partial charge in [-0.15, -0.1) is 0 Å². The Hall–Kier alpha value is -2.05. The smallest absolute Gasteiger partial charge is 0.315 e. The van der Waals surface area contributed by atoms with Crippen molar-refractivity contribution < 1.29 is 19.1 Å². The first-order valence-electron chi connectivity index (χ1n) is 6.62. The molecule has 1 unspecified atom stereocenters. The fraction of sp³-hybridized carbons (Fsp3) is 0.615. The second-order valence-electron chi connectivity index (χ2n) is 4.85. The van der Waals surface area contributed by atoms with Crippen LogP contribution < -0.4 is 10.6 Å². The highest BCUT2D eigenvalue weighted by atomic mass is 16.4. The molecule has 0 aromatic carbocycles. The van der Waals surface area contributed by atoms with Gasteiger partial charge in [0.05, 0.1) is 19.2 Å². The van der Waals surface area contributed by atoms with E-state index in [1.54, 1.807) is 6.20 Å². The summed E-state index contributed by atoms with van der Waals surface area (Å²) in [5, 5.41) is 14.0. The molecular weight excluding hydrogens is 262 g/mol. The summed E-state index contributed by atoms with van der Waals surface area (Å²) in [6, 6.07) is -0.843. The number of carbonyl (C=O) groups excluding carboxylic acids is 1. The van der Waals surface area contributed by atoms with E-state index in [1.165, 1.54) is 0 Å². The highest BCUT2D eigenvalue weighted by Crippen LogP contribution is 2.06. The van der Waals surface area contributed by atoms with E-state index in [0.29, 0.717) is 5.89 Å². The third-order valence-electron chi connectivity index (χ3n) is 2.87. The Labute approximate surface area is 117 Å². The van der Waals surface area contributed by atoms with Crippen LogP contribution in [-0.4, -0.2) is 28.1 Å². The van der Waals surface area contributed by atoms with E-state index >= 15 is 0 Å². The van der Waals surface area contributed by atoms with Gasteiger partial charge in [-0.25, -0.2) is 9.78 Å². The second-order valence-corrected chi connectivity index (χ2v) is 4.85. The van der Waals surface area contributed by atoms with Gasteiger partial charge in [0.1, 0.15) is 5.76 Å². The molecule has 1 aromatic rings. The number of rotatable bonds is 7. The highest BCUT2D eigenvalue weighted by molar-refractivity contribution is 5.75. The van der Waals surface area contributed by atoms with Crippen molar-refractivity contribution in [3.8, 4) is 0 Å². The molecule has 3 N–H and O–H groups in total. The normalized spacial score (nSPS) is 12.2. The van der Waals surface area contributed by atoms with Crippen molar-refractivity contribution in [3.05, 3.63) is 17.8 Å². The predicted molar refractivity (Wildman–Crippen MR) is 72.1 cm³/mol. The molecule has 0 radical (unpaired) electrons. The Balaban J connectivity index is 2.43. The molecule has 0 saturated carbocycles. The van der Waals surface area contributed by atoms with Crippen LogP contribution in [0.4, 0.5) is 4.79 Å². The first-order chi connectivity index (χ1) is 9.42. The topological polar surface area (TPSA) is 104 Å². The van der Waals surface area contributed by atoms with Crippen LogP contribution in [0, 0.1) is 5.92 Å². The van der Waals surface area contributed by atoms with E-state index in [-0.39, 0.29) is 18.9 Å². The van der Waals surface area contributed by atoms with Crippen molar-refractivity contribution >= 4 is 12.0 Å². The molecule has 0 aliphatic carbocycles. The summed E-state index contributed by atoms with van der Waals surface area (Å²) < 4.78 is 5.35. The average molecular weight is 283 g/mol. The van der Waals surface area contributed by atoms with Crippen molar-refractivity contribution in [2.24, 2.45) is 5.92 Å². The van der Waals surface area contributed by atoms with Crippen LogP contribution in [-0.2, 0) is 17.8 Å². The third kappa shape index (κ3) is 5.29. The number of carboxylic acids is 1. The lowest BCUT2D eigenvalue weighted by Gasteiger charge is -2.20. The van der Waals surface area contributed by atoms with Gasteiger partial charge in [-0.2, -0.15) is 0 Å². The van der Waals surface area contributed by atoms with Gasteiger partial charge >= 0.3 is 12.0 Å². The molecule has 1 rings (SSSR count). The number of carbonyl (C=O) groups is 2. The summed E-state index contributed by atoms with van der Waals surface area (Å²) in [4.78, 5) is 26.4. The average Bonchev–Trinajstić information content (AvgIpc) is 2.83. The van der Waals surface area contributed by atoms with Crippen LogP contribution in [0.25, 0.3) is 0 Å². The lowest BCUT2D eigenvalue weighted by atomic mass is 10.0. The van der Waals surface area contributed by atoms with E-state index in [0.717, 1.165) is 12.2 Å². The maximum absolute atomic E-state index is 11.7. The Morgan fingerprint density at radius 1 is 1.45 bits per heavy atom. The molecule has 0 aliphatic heterocycles. The number of nitrogens with zero attached hydrogens (tertiary/aromatic N) is 1. The van der Waals surface area contributed by atoms with Gasteiger partial charge in [0, 0.05) is 12.5 Å². The molecule has 0 fully saturated rings. The quantitative estimate of drug-likeness (QED) is 0.704. The molecule has 1 heterocycles. The maximum atomic E-state index is 11.7. The van der Waals surface area contributed by atoms with Gasteiger partial charge < -0.3 is 20.2 Å². The standard InChI is InChI=1S/C13H21N3O4/c1-4-9-6-14-11(20-9)7-15-13(19)16-10(8(2)3)5-12(17)18/h6,8,10H,4-5,7H2,1-3H3,(H,17,18)(H2,15,16,19). The number of hydrogen-bond acceptors (Lipinski definition) is 4. The molecule has 1 aromatic heterocycles. The van der Waals surface area contributed by atoms with Crippen molar-refractivity contribution in [2.45, 2.75) is 46.2 Å². The summed E-state index contributed by atoms with van der Waals surface area (Å²) in [5.41, 5.74) is 0. The molecule has 112 valence electrons. The van der Waals surface area contributed by atoms with Gasteiger partial charge in [0.2, 0.25) is 5.89 Å². The zero-order chi connectivity index (χ0) is 15.1. The zero-order valence-corrected chi connectivity index (χ0v) is 12.0. The molecule has 2 amide bonds. The SMILES string of the molecule is CCc1cnc(CNC(=O)NC(CC(=O)O)C(C)C)o1. The van der Waals surface area contributed by atoms with Crippen LogP contribution in [0.15, 0.2) is 10.6 Å². The number of amides is 2. The maximum Gasteiger partial charge on any atom is 0.315 e. The van der Waals surface area contributed by atoms with Crippen molar-refractivity contribution in [1.29, 1.82) is 0 Å². The summed E-state index contributed by atoms with van der Waals surface area (Å²) in [6.07, 6.45) is 2.26. The van der Waals surface area contributed by atoms with Gasteiger partial charge in [0.25, 0.3) is 0 Å². The summed E-state index contributed by atoms with van der Waals surface area (Å²) in [6.45, 7) is 5.83.